The van der Waals surface area contributed by atoms with Gasteiger partial charge in [0.1, 0.15) is 22.5 Å². The number of sulfonamides is 2. The van der Waals surface area contributed by atoms with E-state index in [4.69, 9.17) is 17.3 Å². The molecule has 9 nitrogen and oxygen atoms in total. The Kier molecular flexibility index (Phi) is 6.20. The van der Waals surface area contributed by atoms with Gasteiger partial charge in [0, 0.05) is 28.2 Å². The third kappa shape index (κ3) is 5.08. The highest BCUT2D eigenvalue weighted by Gasteiger charge is 2.24. The molecule has 24 heavy (non-hydrogen) atoms. The minimum Gasteiger partial charge on any atom is -0.398 e. The first-order chi connectivity index (χ1) is 10.9. The second-order valence-electron chi connectivity index (χ2n) is 5.14. The van der Waals surface area contributed by atoms with Gasteiger partial charge in [-0.15, -0.1) is 8.80 Å². The molecule has 0 saturated heterocycles. The van der Waals surface area contributed by atoms with Gasteiger partial charge in [0.25, 0.3) is 20.0 Å². The molecule has 12 heteroatoms. The van der Waals surface area contributed by atoms with E-state index in [-0.39, 0.29) is 10.7 Å². The molecule has 0 aliphatic heterocycles. The molecule has 1 aromatic carbocycles. The lowest BCUT2D eigenvalue weighted by Crippen LogP contribution is -2.12. The smallest absolute Gasteiger partial charge is 0.285 e. The lowest BCUT2D eigenvalue weighted by molar-refractivity contribution is 0.593. The lowest BCUT2D eigenvalue weighted by atomic mass is 10.3. The van der Waals surface area contributed by atoms with Gasteiger partial charge in [0.15, 0.2) is 0 Å². The van der Waals surface area contributed by atoms with Gasteiger partial charge in [0.05, 0.1) is 10.7 Å². The topological polar surface area (TPSA) is 125 Å². The molecule has 0 heterocycles. The molecule has 0 saturated carbocycles. The van der Waals surface area contributed by atoms with Crippen LogP contribution in [0.4, 0.5) is 5.69 Å². The summed E-state index contributed by atoms with van der Waals surface area (Å²) in [6, 6.07) is 1.89. The molecule has 0 bridgehead atoms. The minimum atomic E-state index is -4.20. The molecule has 0 fully saturated rings. The first-order valence-corrected chi connectivity index (χ1v) is 9.65. The van der Waals surface area contributed by atoms with Gasteiger partial charge in [-0.1, -0.05) is 11.6 Å². The number of rotatable bonds is 6. The van der Waals surface area contributed by atoms with Crippen LogP contribution in [-0.4, -0.2) is 67.5 Å². The number of nitrogen functional groups attached to an aromatic ring is 1. The zero-order valence-corrected chi connectivity index (χ0v) is 15.9. The summed E-state index contributed by atoms with van der Waals surface area (Å²) in [6.45, 7) is 0. The molecule has 0 aliphatic carbocycles. The fraction of sp³-hybridized carbons (Fsp3) is 0.333. The van der Waals surface area contributed by atoms with E-state index < -0.39 is 29.8 Å². The SMILES string of the molecule is CN(C)/C=N\S(=O)(=O)c1cc(S(=O)(=O)/N=C/N(C)C)c(Cl)cc1N. The van der Waals surface area contributed by atoms with Crippen LogP contribution < -0.4 is 5.73 Å². The van der Waals surface area contributed by atoms with E-state index in [1.54, 1.807) is 28.2 Å². The molecule has 0 unspecified atom stereocenters. The molecule has 0 aliphatic rings. The van der Waals surface area contributed by atoms with Gasteiger partial charge in [-0.05, 0) is 12.1 Å². The summed E-state index contributed by atoms with van der Waals surface area (Å²) >= 11 is 5.89. The van der Waals surface area contributed by atoms with E-state index in [1.807, 2.05) is 0 Å². The Morgan fingerprint density at radius 3 is 1.75 bits per heavy atom. The standard InChI is InChI=1S/C12H18ClN5O4S2/c1-17(2)7-15-23(19,20)11-6-12(10(14)5-9(11)13)24(21,22)16-8-18(3)4/h5-8H,14H2,1-4H3/b15-7+,16-8-. The number of anilines is 1. The second-order valence-corrected chi connectivity index (χ2v) is 8.75. The third-order valence-corrected chi connectivity index (χ3v) is 5.43. The van der Waals surface area contributed by atoms with Crippen molar-refractivity contribution in [1.29, 1.82) is 0 Å². The fourth-order valence-corrected chi connectivity index (χ4v) is 3.98. The number of halogens is 1. The van der Waals surface area contributed by atoms with Gasteiger partial charge in [0.2, 0.25) is 0 Å². The van der Waals surface area contributed by atoms with Crippen LogP contribution in [0.3, 0.4) is 0 Å². The first-order valence-electron chi connectivity index (χ1n) is 6.39. The van der Waals surface area contributed by atoms with E-state index >= 15 is 0 Å². The molecule has 0 atom stereocenters. The summed E-state index contributed by atoms with van der Waals surface area (Å²) in [5.41, 5.74) is 5.44. The summed E-state index contributed by atoms with van der Waals surface area (Å²) in [5.74, 6) is 0. The highest BCUT2D eigenvalue weighted by Crippen LogP contribution is 2.31. The van der Waals surface area contributed by atoms with Crippen molar-refractivity contribution >= 4 is 50.0 Å². The van der Waals surface area contributed by atoms with Crippen LogP contribution in [0.5, 0.6) is 0 Å². The molecule has 0 spiro atoms. The predicted molar refractivity (Wildman–Crippen MR) is 94.6 cm³/mol. The van der Waals surface area contributed by atoms with E-state index in [0.29, 0.717) is 0 Å². The monoisotopic (exact) mass is 395 g/mol. The third-order valence-electron chi connectivity index (χ3n) is 2.45. The maximum absolute atomic E-state index is 12.2. The zero-order valence-electron chi connectivity index (χ0n) is 13.5. The van der Waals surface area contributed by atoms with E-state index in [9.17, 15) is 16.8 Å². The predicted octanol–water partition coefficient (Wildman–Crippen LogP) is 0.479. The average molecular weight is 396 g/mol. The maximum Gasteiger partial charge on any atom is 0.285 e. The Morgan fingerprint density at radius 1 is 0.917 bits per heavy atom. The van der Waals surface area contributed by atoms with Gasteiger partial charge in [-0.2, -0.15) is 16.8 Å². The summed E-state index contributed by atoms with van der Waals surface area (Å²) in [7, 11) is -2.09. The van der Waals surface area contributed by atoms with Crippen molar-refractivity contribution in [2.24, 2.45) is 8.80 Å². The highest BCUT2D eigenvalue weighted by molar-refractivity contribution is 7.91. The van der Waals surface area contributed by atoms with Crippen molar-refractivity contribution in [2.45, 2.75) is 9.79 Å². The molecule has 1 aromatic rings. The lowest BCUT2D eigenvalue weighted by Gasteiger charge is -2.09. The first kappa shape index (κ1) is 20.2. The van der Waals surface area contributed by atoms with Crippen LogP contribution in [0, 0.1) is 0 Å². The van der Waals surface area contributed by atoms with Crippen molar-refractivity contribution < 1.29 is 16.8 Å². The largest absolute Gasteiger partial charge is 0.398 e. The van der Waals surface area contributed by atoms with Crippen molar-refractivity contribution in [3.63, 3.8) is 0 Å². The molecule has 2 N–H and O–H groups in total. The highest BCUT2D eigenvalue weighted by atomic mass is 35.5. The van der Waals surface area contributed by atoms with Crippen molar-refractivity contribution in [3.8, 4) is 0 Å². The molecule has 0 radical (unpaired) electrons. The minimum absolute atomic E-state index is 0.216. The Bertz CT molecular complexity index is 808. The molecular formula is C12H18ClN5O4S2. The molecule has 0 aromatic heterocycles. The van der Waals surface area contributed by atoms with Gasteiger partial charge >= 0.3 is 0 Å². The number of nitrogens with zero attached hydrogens (tertiary/aromatic N) is 4. The van der Waals surface area contributed by atoms with Crippen LogP contribution in [0.15, 0.2) is 30.7 Å². The Morgan fingerprint density at radius 2 is 1.33 bits per heavy atom. The quantitative estimate of drug-likeness (QED) is 0.421. The van der Waals surface area contributed by atoms with Crippen LogP contribution in [0.25, 0.3) is 0 Å². The van der Waals surface area contributed by atoms with Crippen molar-refractivity contribution in [1.82, 2.24) is 9.80 Å². The number of benzene rings is 1. The maximum atomic E-state index is 12.2. The molecular weight excluding hydrogens is 378 g/mol. The summed E-state index contributed by atoms with van der Waals surface area (Å²) in [4.78, 5) is 1.86. The van der Waals surface area contributed by atoms with E-state index in [1.165, 1.54) is 9.80 Å². The summed E-state index contributed by atoms with van der Waals surface area (Å²) in [6.07, 6.45) is 2.11. The zero-order chi connectivity index (χ0) is 18.7. The second kappa shape index (κ2) is 7.36. The number of nitrogens with two attached hydrogens (primary N) is 1. The van der Waals surface area contributed by atoms with Crippen LogP contribution >= 0.6 is 11.6 Å². The van der Waals surface area contributed by atoms with Crippen LogP contribution in [0.2, 0.25) is 5.02 Å². The van der Waals surface area contributed by atoms with Gasteiger partial charge in [-0.25, -0.2) is 0 Å². The fourth-order valence-electron chi connectivity index (χ4n) is 1.40. The van der Waals surface area contributed by atoms with E-state index in [0.717, 1.165) is 24.8 Å². The normalized spacial score (nSPS) is 12.9. The Hall–Kier alpha value is -1.85. The van der Waals surface area contributed by atoms with Gasteiger partial charge in [-0.3, -0.25) is 0 Å². The number of hydrogen-bond acceptors (Lipinski definition) is 5. The van der Waals surface area contributed by atoms with Crippen molar-refractivity contribution in [2.75, 3.05) is 33.9 Å². The Labute approximate surface area is 146 Å². The Balaban J connectivity index is 3.54. The summed E-state index contributed by atoms with van der Waals surface area (Å²) < 4.78 is 55.7. The number of hydrogen-bond donors (Lipinski definition) is 1. The average Bonchev–Trinajstić information content (AvgIpc) is 2.42. The molecule has 1 rings (SSSR count). The van der Waals surface area contributed by atoms with Crippen LogP contribution in [-0.2, 0) is 20.0 Å². The van der Waals surface area contributed by atoms with E-state index in [2.05, 4.69) is 8.80 Å². The molecule has 134 valence electrons. The van der Waals surface area contributed by atoms with Crippen LogP contribution in [0.1, 0.15) is 0 Å². The van der Waals surface area contributed by atoms with Crippen molar-refractivity contribution in [3.05, 3.63) is 17.2 Å². The molecule has 0 amide bonds. The van der Waals surface area contributed by atoms with Gasteiger partial charge < -0.3 is 15.5 Å². The summed E-state index contributed by atoms with van der Waals surface area (Å²) in [5, 5.41) is -0.237.